The molecule has 0 aliphatic carbocycles. The van der Waals surface area contributed by atoms with Gasteiger partial charge in [-0.25, -0.2) is 4.68 Å². The SMILES string of the molecule is Cn1nc(CCCCO)nc1N. The lowest BCUT2D eigenvalue weighted by Crippen LogP contribution is -1.97. The van der Waals surface area contributed by atoms with Crippen molar-refractivity contribution in [1.82, 2.24) is 14.8 Å². The molecule has 3 N–H and O–H groups in total. The Bertz CT molecular complexity index is 226. The smallest absolute Gasteiger partial charge is 0.218 e. The van der Waals surface area contributed by atoms with E-state index in [2.05, 4.69) is 10.1 Å². The fourth-order valence-corrected chi connectivity index (χ4v) is 0.952. The van der Waals surface area contributed by atoms with E-state index >= 15 is 0 Å². The molecule has 0 aromatic carbocycles. The van der Waals surface area contributed by atoms with Gasteiger partial charge in [0.1, 0.15) is 0 Å². The summed E-state index contributed by atoms with van der Waals surface area (Å²) in [6.07, 6.45) is 2.48. The largest absolute Gasteiger partial charge is 0.396 e. The van der Waals surface area contributed by atoms with E-state index in [1.807, 2.05) is 0 Å². The summed E-state index contributed by atoms with van der Waals surface area (Å²) < 4.78 is 1.55. The van der Waals surface area contributed by atoms with Gasteiger partial charge in [-0.1, -0.05) is 0 Å². The first-order chi connectivity index (χ1) is 5.74. The summed E-state index contributed by atoms with van der Waals surface area (Å²) >= 11 is 0. The maximum absolute atomic E-state index is 8.53. The van der Waals surface area contributed by atoms with Crippen LogP contribution in [0.2, 0.25) is 0 Å². The number of nitrogen functional groups attached to an aromatic ring is 1. The molecule has 0 atom stereocenters. The van der Waals surface area contributed by atoms with Crippen LogP contribution in [0.1, 0.15) is 18.7 Å². The lowest BCUT2D eigenvalue weighted by molar-refractivity contribution is 0.284. The van der Waals surface area contributed by atoms with E-state index in [0.717, 1.165) is 25.1 Å². The predicted octanol–water partition coefficient (Wildman–Crippen LogP) is -0.288. The van der Waals surface area contributed by atoms with Crippen LogP contribution in [0.5, 0.6) is 0 Å². The molecule has 0 saturated carbocycles. The summed E-state index contributed by atoms with van der Waals surface area (Å²) in [7, 11) is 1.76. The van der Waals surface area contributed by atoms with Crippen molar-refractivity contribution >= 4 is 5.95 Å². The van der Waals surface area contributed by atoms with E-state index < -0.39 is 0 Å². The molecule has 0 saturated heterocycles. The monoisotopic (exact) mass is 170 g/mol. The van der Waals surface area contributed by atoms with Crippen LogP contribution in [0.4, 0.5) is 5.95 Å². The number of aliphatic hydroxyl groups excluding tert-OH is 1. The molecule has 0 fully saturated rings. The third kappa shape index (κ3) is 2.20. The van der Waals surface area contributed by atoms with Gasteiger partial charge in [0.05, 0.1) is 0 Å². The van der Waals surface area contributed by atoms with Crippen LogP contribution in [0.25, 0.3) is 0 Å². The average molecular weight is 170 g/mol. The molecular formula is C7H14N4O. The number of rotatable bonds is 4. The Kier molecular flexibility index (Phi) is 3.04. The van der Waals surface area contributed by atoms with Gasteiger partial charge in [0.15, 0.2) is 5.82 Å². The number of nitrogens with zero attached hydrogens (tertiary/aromatic N) is 3. The van der Waals surface area contributed by atoms with Crippen LogP contribution in [0, 0.1) is 0 Å². The maximum atomic E-state index is 8.53. The second-order valence-electron chi connectivity index (χ2n) is 2.69. The number of anilines is 1. The molecule has 5 nitrogen and oxygen atoms in total. The molecular weight excluding hydrogens is 156 g/mol. The third-order valence-corrected chi connectivity index (χ3v) is 1.65. The average Bonchev–Trinajstić information content (AvgIpc) is 2.32. The van der Waals surface area contributed by atoms with Gasteiger partial charge in [-0.15, -0.1) is 0 Å². The minimum absolute atomic E-state index is 0.225. The molecule has 12 heavy (non-hydrogen) atoms. The van der Waals surface area contributed by atoms with Gasteiger partial charge in [0.2, 0.25) is 5.95 Å². The fraction of sp³-hybridized carbons (Fsp3) is 0.714. The van der Waals surface area contributed by atoms with Gasteiger partial charge in [-0.3, -0.25) is 0 Å². The molecule has 0 spiro atoms. The van der Waals surface area contributed by atoms with Gasteiger partial charge in [0, 0.05) is 20.1 Å². The molecule has 1 heterocycles. The van der Waals surface area contributed by atoms with Crippen molar-refractivity contribution in [3.63, 3.8) is 0 Å². The summed E-state index contributed by atoms with van der Waals surface area (Å²) in [5, 5.41) is 12.6. The molecule has 0 aliphatic heterocycles. The number of aryl methyl sites for hydroxylation is 2. The van der Waals surface area contributed by atoms with Crippen LogP contribution in [0.15, 0.2) is 0 Å². The van der Waals surface area contributed by atoms with Gasteiger partial charge < -0.3 is 10.8 Å². The number of hydrogen-bond donors (Lipinski definition) is 2. The van der Waals surface area contributed by atoms with Gasteiger partial charge in [-0.2, -0.15) is 10.1 Å². The Balaban J connectivity index is 2.42. The van der Waals surface area contributed by atoms with Crippen molar-refractivity contribution in [1.29, 1.82) is 0 Å². The summed E-state index contributed by atoms with van der Waals surface area (Å²) in [5.41, 5.74) is 5.48. The standard InChI is InChI=1S/C7H14N4O/c1-11-7(8)9-6(10-11)4-2-3-5-12/h12H,2-5H2,1H3,(H2,8,9,10). The predicted molar refractivity (Wildman–Crippen MR) is 45.4 cm³/mol. The zero-order valence-corrected chi connectivity index (χ0v) is 7.19. The van der Waals surface area contributed by atoms with Crippen molar-refractivity contribution in [2.75, 3.05) is 12.3 Å². The summed E-state index contributed by atoms with van der Waals surface area (Å²) in [5.74, 6) is 1.19. The number of unbranched alkanes of at least 4 members (excludes halogenated alkanes) is 1. The first-order valence-electron chi connectivity index (χ1n) is 4.00. The highest BCUT2D eigenvalue weighted by Crippen LogP contribution is 2.01. The van der Waals surface area contributed by atoms with E-state index in [1.165, 1.54) is 0 Å². The quantitative estimate of drug-likeness (QED) is 0.609. The first-order valence-corrected chi connectivity index (χ1v) is 4.00. The molecule has 0 bridgehead atoms. The van der Waals surface area contributed by atoms with E-state index in [4.69, 9.17) is 10.8 Å². The second kappa shape index (κ2) is 4.06. The molecule has 0 radical (unpaired) electrons. The summed E-state index contributed by atoms with van der Waals surface area (Å²) in [6.45, 7) is 0.225. The van der Waals surface area contributed by atoms with Gasteiger partial charge in [0.25, 0.3) is 0 Å². The van der Waals surface area contributed by atoms with Crippen molar-refractivity contribution in [3.05, 3.63) is 5.82 Å². The zero-order valence-electron chi connectivity index (χ0n) is 7.19. The highest BCUT2D eigenvalue weighted by Gasteiger charge is 2.02. The lowest BCUT2D eigenvalue weighted by Gasteiger charge is -1.91. The Hall–Kier alpha value is -1.10. The Morgan fingerprint density at radius 3 is 2.75 bits per heavy atom. The molecule has 1 aromatic heterocycles. The topological polar surface area (TPSA) is 77.0 Å². The van der Waals surface area contributed by atoms with Crippen LogP contribution in [-0.4, -0.2) is 26.5 Å². The molecule has 0 aliphatic rings. The number of hydrogen-bond acceptors (Lipinski definition) is 4. The minimum atomic E-state index is 0.225. The Morgan fingerprint density at radius 1 is 1.50 bits per heavy atom. The Morgan fingerprint density at radius 2 is 2.25 bits per heavy atom. The van der Waals surface area contributed by atoms with Crippen molar-refractivity contribution in [2.45, 2.75) is 19.3 Å². The molecule has 5 heteroatoms. The van der Waals surface area contributed by atoms with E-state index in [-0.39, 0.29) is 6.61 Å². The fourth-order valence-electron chi connectivity index (χ4n) is 0.952. The van der Waals surface area contributed by atoms with Crippen molar-refractivity contribution in [2.24, 2.45) is 7.05 Å². The summed E-state index contributed by atoms with van der Waals surface area (Å²) in [6, 6.07) is 0. The van der Waals surface area contributed by atoms with Gasteiger partial charge in [-0.05, 0) is 12.8 Å². The van der Waals surface area contributed by atoms with Gasteiger partial charge >= 0.3 is 0 Å². The van der Waals surface area contributed by atoms with Crippen LogP contribution in [0.3, 0.4) is 0 Å². The molecule has 68 valence electrons. The van der Waals surface area contributed by atoms with Crippen LogP contribution >= 0.6 is 0 Å². The number of aliphatic hydroxyl groups is 1. The summed E-state index contributed by atoms with van der Waals surface area (Å²) in [4.78, 5) is 4.03. The van der Waals surface area contributed by atoms with E-state index in [1.54, 1.807) is 11.7 Å². The van der Waals surface area contributed by atoms with Crippen molar-refractivity contribution in [3.8, 4) is 0 Å². The zero-order chi connectivity index (χ0) is 8.97. The second-order valence-corrected chi connectivity index (χ2v) is 2.69. The maximum Gasteiger partial charge on any atom is 0.218 e. The van der Waals surface area contributed by atoms with Crippen molar-refractivity contribution < 1.29 is 5.11 Å². The Labute approximate surface area is 71.2 Å². The molecule has 0 amide bonds. The third-order valence-electron chi connectivity index (χ3n) is 1.65. The number of aromatic nitrogens is 3. The van der Waals surface area contributed by atoms with E-state index in [0.29, 0.717) is 5.95 Å². The highest BCUT2D eigenvalue weighted by molar-refractivity contribution is 5.15. The minimum Gasteiger partial charge on any atom is -0.396 e. The molecule has 1 rings (SSSR count). The normalized spacial score (nSPS) is 10.5. The first kappa shape index (κ1) is 8.99. The highest BCUT2D eigenvalue weighted by atomic mass is 16.2. The molecule has 1 aromatic rings. The molecule has 0 unspecified atom stereocenters. The lowest BCUT2D eigenvalue weighted by atomic mass is 10.2. The van der Waals surface area contributed by atoms with E-state index in [9.17, 15) is 0 Å². The van der Waals surface area contributed by atoms with Crippen LogP contribution in [-0.2, 0) is 13.5 Å². The van der Waals surface area contributed by atoms with Crippen LogP contribution < -0.4 is 5.73 Å². The number of nitrogens with two attached hydrogens (primary N) is 1.